The number of benzene rings is 1. The molecule has 38 heavy (non-hydrogen) atoms. The summed E-state index contributed by atoms with van der Waals surface area (Å²) in [5, 5.41) is 0. The molecule has 7 nitrogen and oxygen atoms in total. The van der Waals surface area contributed by atoms with E-state index in [-0.39, 0.29) is 42.5 Å². The molecule has 0 radical (unpaired) electrons. The molecule has 0 amide bonds. The van der Waals surface area contributed by atoms with Gasteiger partial charge in [0.15, 0.2) is 11.5 Å². The molecular formula is C31H41N3O4. The first-order valence-electron chi connectivity index (χ1n) is 15.0. The van der Waals surface area contributed by atoms with E-state index in [9.17, 15) is 14.4 Å². The first-order valence-corrected chi connectivity index (χ1v) is 15.0. The fraction of sp³-hybridized carbons (Fsp3) is 0.677. The van der Waals surface area contributed by atoms with Crippen LogP contribution in [-0.4, -0.2) is 50.9 Å². The first-order chi connectivity index (χ1) is 18.5. The van der Waals surface area contributed by atoms with Crippen LogP contribution in [0.2, 0.25) is 0 Å². The van der Waals surface area contributed by atoms with Gasteiger partial charge in [0, 0.05) is 30.6 Å². The van der Waals surface area contributed by atoms with E-state index in [1.807, 2.05) is 28.8 Å². The number of carbonyl (C=O) groups is 2. The fourth-order valence-electron chi connectivity index (χ4n) is 8.40. The van der Waals surface area contributed by atoms with Gasteiger partial charge in [0.2, 0.25) is 0 Å². The van der Waals surface area contributed by atoms with E-state index in [0.29, 0.717) is 23.6 Å². The second kappa shape index (κ2) is 10.9. The van der Waals surface area contributed by atoms with Crippen LogP contribution in [0.25, 0.3) is 11.0 Å². The maximum absolute atomic E-state index is 13.9. The fourth-order valence-corrected chi connectivity index (χ4v) is 8.40. The largest absolute Gasteiger partial charge is 0.466 e. The lowest BCUT2D eigenvalue weighted by molar-refractivity contribution is -0.143. The zero-order valence-electron chi connectivity index (χ0n) is 22.6. The Balaban J connectivity index is 1.29. The number of para-hydroxylation sites is 2. The van der Waals surface area contributed by atoms with Crippen molar-refractivity contribution in [3.05, 3.63) is 40.3 Å². The number of ether oxygens (including phenoxy) is 1. The minimum atomic E-state index is -0.422. The maximum Gasteiger partial charge on any atom is 0.306 e. The lowest BCUT2D eigenvalue weighted by atomic mass is 9.68. The van der Waals surface area contributed by atoms with Gasteiger partial charge < -0.3 is 9.30 Å². The number of Topliss-reactive ketones (excluding diaryl/α,β-unsaturated/α-hetero) is 1. The number of piperidine rings is 2. The number of aromatic nitrogens is 2. The summed E-state index contributed by atoms with van der Waals surface area (Å²) in [7, 11) is 0. The van der Waals surface area contributed by atoms with Crippen LogP contribution >= 0.6 is 0 Å². The molecule has 0 N–H and O–H groups in total. The highest BCUT2D eigenvalue weighted by Crippen LogP contribution is 2.47. The number of ketones is 1. The number of hydrogen-bond donors (Lipinski definition) is 0. The standard InChI is InChI=1S/C31H41N3O4/c1-2-38-29(36)14-13-28(35)30-31(37)34(27-12-4-3-11-26(27)32-30)25-18-22-9-6-10-23(19-25)33(22)24-16-20-7-5-8-21(15-20)17-24/h3-4,11-12,20-25H,2,5-10,13-19H2,1H3/t20?,21?,22-,23+,24?,25+. The van der Waals surface area contributed by atoms with Crippen molar-refractivity contribution in [2.75, 3.05) is 6.61 Å². The second-order valence-electron chi connectivity index (χ2n) is 12.2. The van der Waals surface area contributed by atoms with Gasteiger partial charge in [-0.15, -0.1) is 0 Å². The van der Waals surface area contributed by atoms with Crippen molar-refractivity contribution in [2.24, 2.45) is 11.8 Å². The molecule has 2 unspecified atom stereocenters. The van der Waals surface area contributed by atoms with Crippen molar-refractivity contribution in [2.45, 2.75) is 115 Å². The van der Waals surface area contributed by atoms with Gasteiger partial charge in [0.1, 0.15) is 0 Å². The molecule has 2 aromatic rings. The molecule has 204 valence electrons. The van der Waals surface area contributed by atoms with E-state index in [1.54, 1.807) is 6.92 Å². The monoisotopic (exact) mass is 519 g/mol. The molecule has 2 saturated carbocycles. The average molecular weight is 520 g/mol. The highest BCUT2D eigenvalue weighted by molar-refractivity contribution is 5.97. The molecule has 4 fully saturated rings. The molecule has 7 heteroatoms. The van der Waals surface area contributed by atoms with Crippen molar-refractivity contribution in [3.8, 4) is 0 Å². The predicted molar refractivity (Wildman–Crippen MR) is 146 cm³/mol. The maximum atomic E-state index is 13.9. The van der Waals surface area contributed by atoms with Crippen molar-refractivity contribution < 1.29 is 14.3 Å². The van der Waals surface area contributed by atoms with Crippen molar-refractivity contribution in [1.29, 1.82) is 0 Å². The molecule has 1 aromatic carbocycles. The summed E-state index contributed by atoms with van der Waals surface area (Å²) in [5.41, 5.74) is 1.13. The van der Waals surface area contributed by atoms with Crippen LogP contribution in [-0.2, 0) is 9.53 Å². The Morgan fingerprint density at radius 3 is 2.26 bits per heavy atom. The van der Waals surface area contributed by atoms with Crippen LogP contribution in [0.5, 0.6) is 0 Å². The summed E-state index contributed by atoms with van der Waals surface area (Å²) < 4.78 is 6.86. The molecule has 2 saturated heterocycles. The second-order valence-corrected chi connectivity index (χ2v) is 12.2. The highest BCUT2D eigenvalue weighted by Gasteiger charge is 2.45. The van der Waals surface area contributed by atoms with Crippen LogP contribution < -0.4 is 5.56 Å². The van der Waals surface area contributed by atoms with Crippen molar-refractivity contribution in [1.82, 2.24) is 14.5 Å². The van der Waals surface area contributed by atoms with Gasteiger partial charge in [-0.3, -0.25) is 19.3 Å². The van der Waals surface area contributed by atoms with Gasteiger partial charge in [-0.25, -0.2) is 4.98 Å². The normalized spacial score (nSPS) is 31.2. The smallest absolute Gasteiger partial charge is 0.306 e. The van der Waals surface area contributed by atoms with Gasteiger partial charge in [-0.1, -0.05) is 37.8 Å². The summed E-state index contributed by atoms with van der Waals surface area (Å²) in [4.78, 5) is 46.2. The Morgan fingerprint density at radius 2 is 1.55 bits per heavy atom. The van der Waals surface area contributed by atoms with Crippen LogP contribution in [0.15, 0.2) is 29.1 Å². The van der Waals surface area contributed by atoms with Crippen LogP contribution in [0.3, 0.4) is 0 Å². The van der Waals surface area contributed by atoms with Gasteiger partial charge in [-0.05, 0) is 75.8 Å². The van der Waals surface area contributed by atoms with Crippen LogP contribution in [0.4, 0.5) is 0 Å². The van der Waals surface area contributed by atoms with E-state index in [2.05, 4.69) is 9.88 Å². The molecule has 4 bridgehead atoms. The zero-order chi connectivity index (χ0) is 26.2. The van der Waals surface area contributed by atoms with E-state index < -0.39 is 5.97 Å². The number of hydrogen-bond acceptors (Lipinski definition) is 6. The Hall–Kier alpha value is -2.54. The van der Waals surface area contributed by atoms with Gasteiger partial charge >= 0.3 is 5.97 Å². The quantitative estimate of drug-likeness (QED) is 0.357. The zero-order valence-corrected chi connectivity index (χ0v) is 22.6. The Labute approximate surface area is 224 Å². The van der Waals surface area contributed by atoms with Crippen LogP contribution in [0.1, 0.15) is 107 Å². The number of esters is 1. The summed E-state index contributed by atoms with van der Waals surface area (Å²) in [6, 6.07) is 9.43. The molecular weight excluding hydrogens is 478 g/mol. The summed E-state index contributed by atoms with van der Waals surface area (Å²) in [6.45, 7) is 2.02. The number of fused-ring (bicyclic) bond motifs is 5. The van der Waals surface area contributed by atoms with Gasteiger partial charge in [0.05, 0.1) is 24.1 Å². The highest BCUT2D eigenvalue weighted by atomic mass is 16.5. The predicted octanol–water partition coefficient (Wildman–Crippen LogP) is 5.45. The van der Waals surface area contributed by atoms with Gasteiger partial charge in [0.25, 0.3) is 5.56 Å². The van der Waals surface area contributed by atoms with Crippen LogP contribution in [0, 0.1) is 11.8 Å². The van der Waals surface area contributed by atoms with Gasteiger partial charge in [-0.2, -0.15) is 0 Å². The molecule has 5 atom stereocenters. The third-order valence-electron chi connectivity index (χ3n) is 9.82. The molecule has 2 aliphatic carbocycles. The Morgan fingerprint density at radius 1 is 0.868 bits per heavy atom. The van der Waals surface area contributed by atoms with E-state index in [0.717, 1.165) is 30.2 Å². The minimum Gasteiger partial charge on any atom is -0.466 e. The molecule has 0 spiro atoms. The van der Waals surface area contributed by atoms with Crippen molar-refractivity contribution in [3.63, 3.8) is 0 Å². The third-order valence-corrected chi connectivity index (χ3v) is 9.82. The lowest BCUT2D eigenvalue weighted by Gasteiger charge is -2.55. The number of nitrogens with zero attached hydrogens (tertiary/aromatic N) is 3. The average Bonchev–Trinajstić information content (AvgIpc) is 2.90. The number of rotatable bonds is 7. The summed E-state index contributed by atoms with van der Waals surface area (Å²) in [6.07, 6.45) is 13.8. The molecule has 3 heterocycles. The van der Waals surface area contributed by atoms with E-state index in [1.165, 1.54) is 57.8 Å². The first kappa shape index (κ1) is 25.7. The Bertz CT molecular complexity index is 1230. The SMILES string of the molecule is CCOC(=O)CCC(=O)c1nc2ccccc2n([C@H]2C[C@H]3CCC[C@@H](C2)N3C2CC3CCCC(C3)C2)c1=O. The van der Waals surface area contributed by atoms with E-state index in [4.69, 9.17) is 4.74 Å². The molecule has 2 aliphatic heterocycles. The minimum absolute atomic E-state index is 0.0352. The topological polar surface area (TPSA) is 81.5 Å². The third kappa shape index (κ3) is 4.94. The Kier molecular flexibility index (Phi) is 7.39. The van der Waals surface area contributed by atoms with E-state index >= 15 is 0 Å². The molecule has 1 aromatic heterocycles. The molecule has 4 aliphatic rings. The molecule has 6 rings (SSSR count). The lowest BCUT2D eigenvalue weighted by Crippen LogP contribution is -2.58. The summed E-state index contributed by atoms with van der Waals surface area (Å²) >= 11 is 0. The van der Waals surface area contributed by atoms with Crippen molar-refractivity contribution >= 4 is 22.8 Å². The summed E-state index contributed by atoms with van der Waals surface area (Å²) in [5.74, 6) is 1.00. The number of carbonyl (C=O) groups excluding carboxylic acids is 2.